The van der Waals surface area contributed by atoms with Gasteiger partial charge in [0.1, 0.15) is 5.75 Å². The standard InChI is InChI=1S/C15H22O3S/c1-3-12(2)11-19-9-5-8-18-14-7-4-6-13(10-14)15(16)17/h4,6-7,10,12H,3,5,8-9,11H2,1-2H3,(H,16,17). The topological polar surface area (TPSA) is 46.5 Å². The van der Waals surface area contributed by atoms with Gasteiger partial charge < -0.3 is 9.84 Å². The van der Waals surface area contributed by atoms with Crippen molar-refractivity contribution < 1.29 is 14.6 Å². The third-order valence-corrected chi connectivity index (χ3v) is 4.26. The van der Waals surface area contributed by atoms with E-state index >= 15 is 0 Å². The first-order valence-corrected chi connectivity index (χ1v) is 7.82. The molecule has 106 valence electrons. The van der Waals surface area contributed by atoms with Gasteiger partial charge in [-0.25, -0.2) is 4.79 Å². The maximum absolute atomic E-state index is 10.8. The monoisotopic (exact) mass is 282 g/mol. The zero-order valence-corrected chi connectivity index (χ0v) is 12.4. The van der Waals surface area contributed by atoms with Crippen molar-refractivity contribution in [2.45, 2.75) is 26.7 Å². The predicted molar refractivity (Wildman–Crippen MR) is 80.3 cm³/mol. The van der Waals surface area contributed by atoms with Crippen LogP contribution in [0.2, 0.25) is 0 Å². The molecule has 0 aliphatic heterocycles. The van der Waals surface area contributed by atoms with E-state index in [0.29, 0.717) is 12.4 Å². The molecule has 1 N–H and O–H groups in total. The van der Waals surface area contributed by atoms with Crippen LogP contribution < -0.4 is 4.74 Å². The maximum atomic E-state index is 10.8. The van der Waals surface area contributed by atoms with E-state index in [4.69, 9.17) is 9.84 Å². The van der Waals surface area contributed by atoms with E-state index in [0.717, 1.165) is 18.1 Å². The van der Waals surface area contributed by atoms with Crippen molar-refractivity contribution >= 4 is 17.7 Å². The average Bonchev–Trinajstić information content (AvgIpc) is 2.42. The Morgan fingerprint density at radius 2 is 2.26 bits per heavy atom. The van der Waals surface area contributed by atoms with Crippen LogP contribution in [-0.4, -0.2) is 29.2 Å². The lowest BCUT2D eigenvalue weighted by Crippen LogP contribution is -2.02. The van der Waals surface area contributed by atoms with E-state index in [1.807, 2.05) is 11.8 Å². The Kier molecular flexibility index (Phi) is 7.41. The molecule has 4 heteroatoms. The summed E-state index contributed by atoms with van der Waals surface area (Å²) in [4.78, 5) is 10.8. The van der Waals surface area contributed by atoms with E-state index in [-0.39, 0.29) is 5.56 Å². The van der Waals surface area contributed by atoms with E-state index < -0.39 is 5.97 Å². The second-order valence-electron chi connectivity index (χ2n) is 4.62. The van der Waals surface area contributed by atoms with Crippen LogP contribution in [0.1, 0.15) is 37.0 Å². The lowest BCUT2D eigenvalue weighted by Gasteiger charge is -2.09. The number of carboxylic acids is 1. The zero-order valence-electron chi connectivity index (χ0n) is 11.6. The van der Waals surface area contributed by atoms with Crippen molar-refractivity contribution in [2.75, 3.05) is 18.1 Å². The highest BCUT2D eigenvalue weighted by molar-refractivity contribution is 7.99. The first kappa shape index (κ1) is 15.9. The van der Waals surface area contributed by atoms with Crippen LogP contribution in [0.5, 0.6) is 5.75 Å². The fourth-order valence-electron chi connectivity index (χ4n) is 1.47. The Morgan fingerprint density at radius 3 is 2.95 bits per heavy atom. The Hall–Kier alpha value is -1.16. The Bertz CT molecular complexity index is 393. The van der Waals surface area contributed by atoms with Crippen molar-refractivity contribution in [2.24, 2.45) is 5.92 Å². The molecule has 1 rings (SSSR count). The smallest absolute Gasteiger partial charge is 0.335 e. The highest BCUT2D eigenvalue weighted by Gasteiger charge is 2.03. The van der Waals surface area contributed by atoms with E-state index in [9.17, 15) is 4.79 Å². The van der Waals surface area contributed by atoms with Gasteiger partial charge in [0.15, 0.2) is 0 Å². The zero-order chi connectivity index (χ0) is 14.1. The van der Waals surface area contributed by atoms with Gasteiger partial charge >= 0.3 is 5.97 Å². The summed E-state index contributed by atoms with van der Waals surface area (Å²) in [6, 6.07) is 6.63. The van der Waals surface area contributed by atoms with Crippen molar-refractivity contribution in [1.82, 2.24) is 0 Å². The van der Waals surface area contributed by atoms with Gasteiger partial charge in [0.25, 0.3) is 0 Å². The van der Waals surface area contributed by atoms with Crippen LogP contribution >= 0.6 is 11.8 Å². The number of carboxylic acid groups (broad SMARTS) is 1. The molecule has 0 aromatic heterocycles. The number of aromatic carboxylic acids is 1. The number of benzene rings is 1. The van der Waals surface area contributed by atoms with E-state index in [2.05, 4.69) is 13.8 Å². The summed E-state index contributed by atoms with van der Waals surface area (Å²) in [6.45, 7) is 5.11. The fraction of sp³-hybridized carbons (Fsp3) is 0.533. The third kappa shape index (κ3) is 6.53. The predicted octanol–water partition coefficient (Wildman–Crippen LogP) is 3.93. The molecule has 1 aromatic carbocycles. The molecule has 0 saturated heterocycles. The van der Waals surface area contributed by atoms with Gasteiger partial charge in [-0.1, -0.05) is 26.3 Å². The van der Waals surface area contributed by atoms with Gasteiger partial charge in [0.2, 0.25) is 0 Å². The number of carbonyl (C=O) groups is 1. The van der Waals surface area contributed by atoms with E-state index in [1.54, 1.807) is 24.3 Å². The number of rotatable bonds is 9. The molecule has 0 aliphatic carbocycles. The van der Waals surface area contributed by atoms with Crippen molar-refractivity contribution in [3.8, 4) is 5.75 Å². The summed E-state index contributed by atoms with van der Waals surface area (Å²) in [5, 5.41) is 8.87. The van der Waals surface area contributed by atoms with Crippen LogP contribution in [-0.2, 0) is 0 Å². The molecule has 1 atom stereocenters. The largest absolute Gasteiger partial charge is 0.494 e. The Labute approximate surface area is 119 Å². The molecular weight excluding hydrogens is 260 g/mol. The molecule has 0 spiro atoms. The summed E-state index contributed by atoms with van der Waals surface area (Å²) in [7, 11) is 0. The SMILES string of the molecule is CCC(C)CSCCCOc1cccc(C(=O)O)c1. The molecule has 0 amide bonds. The summed E-state index contributed by atoms with van der Waals surface area (Å²) in [5.74, 6) is 2.77. The number of ether oxygens (including phenoxy) is 1. The minimum atomic E-state index is -0.922. The summed E-state index contributed by atoms with van der Waals surface area (Å²) >= 11 is 1.96. The normalized spacial score (nSPS) is 12.1. The summed E-state index contributed by atoms with van der Waals surface area (Å²) < 4.78 is 5.55. The molecule has 0 heterocycles. The highest BCUT2D eigenvalue weighted by atomic mass is 32.2. The molecular formula is C15H22O3S. The van der Waals surface area contributed by atoms with Crippen molar-refractivity contribution in [3.05, 3.63) is 29.8 Å². The molecule has 3 nitrogen and oxygen atoms in total. The van der Waals surface area contributed by atoms with Gasteiger partial charge in [-0.3, -0.25) is 0 Å². The van der Waals surface area contributed by atoms with Crippen molar-refractivity contribution in [3.63, 3.8) is 0 Å². The van der Waals surface area contributed by atoms with Crippen LogP contribution in [0.15, 0.2) is 24.3 Å². The van der Waals surface area contributed by atoms with Crippen LogP contribution in [0, 0.1) is 5.92 Å². The molecule has 19 heavy (non-hydrogen) atoms. The third-order valence-electron chi connectivity index (χ3n) is 2.88. The second-order valence-corrected chi connectivity index (χ2v) is 5.77. The van der Waals surface area contributed by atoms with Gasteiger partial charge in [-0.15, -0.1) is 0 Å². The maximum Gasteiger partial charge on any atom is 0.335 e. The molecule has 0 bridgehead atoms. The van der Waals surface area contributed by atoms with Gasteiger partial charge in [0, 0.05) is 0 Å². The lowest BCUT2D eigenvalue weighted by molar-refractivity contribution is 0.0696. The number of hydrogen-bond acceptors (Lipinski definition) is 3. The van der Waals surface area contributed by atoms with Gasteiger partial charge in [0.05, 0.1) is 12.2 Å². The Morgan fingerprint density at radius 1 is 1.47 bits per heavy atom. The lowest BCUT2D eigenvalue weighted by atomic mass is 10.2. The first-order valence-electron chi connectivity index (χ1n) is 6.67. The minimum absolute atomic E-state index is 0.267. The molecule has 1 unspecified atom stereocenters. The molecule has 1 aromatic rings. The first-order chi connectivity index (χ1) is 9.13. The minimum Gasteiger partial charge on any atom is -0.494 e. The molecule has 0 aliphatic rings. The molecule has 0 radical (unpaired) electrons. The quantitative estimate of drug-likeness (QED) is 0.697. The van der Waals surface area contributed by atoms with Crippen LogP contribution in [0.25, 0.3) is 0 Å². The van der Waals surface area contributed by atoms with Crippen molar-refractivity contribution in [1.29, 1.82) is 0 Å². The average molecular weight is 282 g/mol. The van der Waals surface area contributed by atoms with E-state index in [1.165, 1.54) is 12.2 Å². The highest BCUT2D eigenvalue weighted by Crippen LogP contribution is 2.15. The summed E-state index contributed by atoms with van der Waals surface area (Å²) in [5.41, 5.74) is 0.267. The number of hydrogen-bond donors (Lipinski definition) is 1. The van der Waals surface area contributed by atoms with Crippen LogP contribution in [0.3, 0.4) is 0 Å². The van der Waals surface area contributed by atoms with Gasteiger partial charge in [-0.05, 0) is 42.0 Å². The molecule has 0 saturated carbocycles. The molecule has 0 fully saturated rings. The van der Waals surface area contributed by atoms with Gasteiger partial charge in [-0.2, -0.15) is 11.8 Å². The number of thioether (sulfide) groups is 1. The van der Waals surface area contributed by atoms with Crippen LogP contribution in [0.4, 0.5) is 0 Å². The second kappa shape index (κ2) is 8.86. The fourth-order valence-corrected chi connectivity index (χ4v) is 2.60. The summed E-state index contributed by atoms with van der Waals surface area (Å²) in [6.07, 6.45) is 2.21. The Balaban J connectivity index is 2.19.